The molecule has 4 nitrogen and oxygen atoms in total. The van der Waals surface area contributed by atoms with Crippen LogP contribution >= 0.6 is 0 Å². The SMILES string of the molecule is CCCc1ccc(Cc2cc(C3CC(O)CC(CO)O3)ccc2C#N)cc1. The summed E-state index contributed by atoms with van der Waals surface area (Å²) in [7, 11) is 0. The molecule has 0 spiro atoms. The maximum Gasteiger partial charge on any atom is 0.0994 e. The fourth-order valence-corrected chi connectivity index (χ4v) is 3.72. The van der Waals surface area contributed by atoms with Gasteiger partial charge in [-0.3, -0.25) is 0 Å². The van der Waals surface area contributed by atoms with E-state index in [0.717, 1.165) is 24.0 Å². The lowest BCUT2D eigenvalue weighted by atomic mass is 9.92. The van der Waals surface area contributed by atoms with Crippen molar-refractivity contribution in [2.24, 2.45) is 0 Å². The first-order valence-corrected chi connectivity index (χ1v) is 9.68. The van der Waals surface area contributed by atoms with Crippen molar-refractivity contribution in [3.8, 4) is 6.07 Å². The lowest BCUT2D eigenvalue weighted by Gasteiger charge is -2.32. The molecule has 27 heavy (non-hydrogen) atoms. The van der Waals surface area contributed by atoms with E-state index in [2.05, 4.69) is 37.3 Å². The quantitative estimate of drug-likeness (QED) is 0.819. The molecule has 142 valence electrons. The molecule has 0 aromatic heterocycles. The third-order valence-electron chi connectivity index (χ3n) is 5.16. The third kappa shape index (κ3) is 4.95. The predicted octanol–water partition coefficient (Wildman–Crippen LogP) is 3.67. The van der Waals surface area contributed by atoms with Gasteiger partial charge in [0, 0.05) is 12.8 Å². The van der Waals surface area contributed by atoms with Crippen LogP contribution in [-0.4, -0.2) is 29.0 Å². The van der Waals surface area contributed by atoms with Gasteiger partial charge in [-0.2, -0.15) is 5.26 Å². The Morgan fingerprint density at radius 2 is 1.85 bits per heavy atom. The van der Waals surface area contributed by atoms with Crippen LogP contribution in [0.15, 0.2) is 42.5 Å². The highest BCUT2D eigenvalue weighted by atomic mass is 16.5. The number of hydrogen-bond donors (Lipinski definition) is 2. The highest BCUT2D eigenvalue weighted by molar-refractivity contribution is 5.44. The van der Waals surface area contributed by atoms with Crippen LogP contribution in [-0.2, 0) is 17.6 Å². The van der Waals surface area contributed by atoms with Crippen molar-refractivity contribution in [1.29, 1.82) is 5.26 Å². The topological polar surface area (TPSA) is 73.5 Å². The Kier molecular flexibility index (Phi) is 6.63. The molecule has 1 aliphatic heterocycles. The minimum Gasteiger partial charge on any atom is -0.394 e. The number of nitrogens with zero attached hydrogens (tertiary/aromatic N) is 1. The molecule has 4 heteroatoms. The van der Waals surface area contributed by atoms with E-state index < -0.39 is 6.10 Å². The van der Waals surface area contributed by atoms with Crippen LogP contribution in [0.2, 0.25) is 0 Å². The Bertz CT molecular complexity index is 794. The van der Waals surface area contributed by atoms with Crippen LogP contribution in [0.3, 0.4) is 0 Å². The smallest absolute Gasteiger partial charge is 0.0994 e. The summed E-state index contributed by atoms with van der Waals surface area (Å²) in [6, 6.07) is 16.6. The zero-order chi connectivity index (χ0) is 19.2. The highest BCUT2D eigenvalue weighted by Gasteiger charge is 2.29. The Labute approximate surface area is 161 Å². The number of aliphatic hydroxyl groups excluding tert-OH is 2. The number of hydrogen-bond acceptors (Lipinski definition) is 4. The van der Waals surface area contributed by atoms with Gasteiger partial charge in [0.1, 0.15) is 0 Å². The summed E-state index contributed by atoms with van der Waals surface area (Å²) in [5.41, 5.74) is 5.06. The van der Waals surface area contributed by atoms with Gasteiger partial charge in [0.25, 0.3) is 0 Å². The first kappa shape index (κ1) is 19.6. The van der Waals surface area contributed by atoms with Crippen molar-refractivity contribution >= 4 is 0 Å². The normalized spacial score (nSPS) is 22.4. The van der Waals surface area contributed by atoms with E-state index in [0.29, 0.717) is 24.8 Å². The Morgan fingerprint density at radius 1 is 1.11 bits per heavy atom. The fourth-order valence-electron chi connectivity index (χ4n) is 3.72. The summed E-state index contributed by atoms with van der Waals surface area (Å²) in [4.78, 5) is 0. The van der Waals surface area contributed by atoms with Gasteiger partial charge in [-0.15, -0.1) is 0 Å². The fraction of sp³-hybridized carbons (Fsp3) is 0.435. The summed E-state index contributed by atoms with van der Waals surface area (Å²) < 4.78 is 5.92. The Hall–Kier alpha value is -2.19. The largest absolute Gasteiger partial charge is 0.394 e. The van der Waals surface area contributed by atoms with E-state index in [-0.39, 0.29) is 18.8 Å². The molecule has 0 saturated carbocycles. The number of aliphatic hydroxyl groups is 2. The van der Waals surface area contributed by atoms with Gasteiger partial charge in [0.2, 0.25) is 0 Å². The minimum atomic E-state index is -0.480. The molecule has 3 unspecified atom stereocenters. The van der Waals surface area contributed by atoms with Crippen molar-refractivity contribution in [2.45, 2.75) is 57.3 Å². The second-order valence-corrected chi connectivity index (χ2v) is 7.33. The average Bonchev–Trinajstić information content (AvgIpc) is 2.69. The van der Waals surface area contributed by atoms with Crippen LogP contribution in [0.5, 0.6) is 0 Å². The average molecular weight is 365 g/mol. The monoisotopic (exact) mass is 365 g/mol. The third-order valence-corrected chi connectivity index (χ3v) is 5.16. The molecule has 1 aliphatic rings. The number of aryl methyl sites for hydroxylation is 1. The minimum absolute atomic E-state index is 0.0964. The van der Waals surface area contributed by atoms with Gasteiger partial charge in [-0.25, -0.2) is 0 Å². The van der Waals surface area contributed by atoms with Crippen LogP contribution in [0.25, 0.3) is 0 Å². The summed E-state index contributed by atoms with van der Waals surface area (Å²) in [5, 5.41) is 28.9. The van der Waals surface area contributed by atoms with Gasteiger partial charge >= 0.3 is 0 Å². The molecular formula is C23H27NO3. The molecule has 1 fully saturated rings. The van der Waals surface area contributed by atoms with Gasteiger partial charge in [0.15, 0.2) is 0 Å². The van der Waals surface area contributed by atoms with E-state index in [9.17, 15) is 15.5 Å². The summed E-state index contributed by atoms with van der Waals surface area (Å²) in [5.74, 6) is 0. The highest BCUT2D eigenvalue weighted by Crippen LogP contribution is 2.32. The van der Waals surface area contributed by atoms with E-state index in [1.807, 2.05) is 18.2 Å². The van der Waals surface area contributed by atoms with Gasteiger partial charge in [-0.1, -0.05) is 49.7 Å². The van der Waals surface area contributed by atoms with Crippen LogP contribution in [0.4, 0.5) is 0 Å². The molecule has 2 aromatic carbocycles. The maximum atomic E-state index is 10.1. The predicted molar refractivity (Wildman–Crippen MR) is 104 cm³/mol. The zero-order valence-electron chi connectivity index (χ0n) is 15.8. The van der Waals surface area contributed by atoms with E-state index in [1.165, 1.54) is 11.1 Å². The number of ether oxygens (including phenoxy) is 1. The number of rotatable bonds is 6. The van der Waals surface area contributed by atoms with Crippen molar-refractivity contribution < 1.29 is 14.9 Å². The molecule has 0 radical (unpaired) electrons. The lowest BCUT2D eigenvalue weighted by molar-refractivity contribution is -0.113. The zero-order valence-corrected chi connectivity index (χ0v) is 15.8. The second-order valence-electron chi connectivity index (χ2n) is 7.33. The molecular weight excluding hydrogens is 338 g/mol. The maximum absolute atomic E-state index is 10.1. The van der Waals surface area contributed by atoms with Gasteiger partial charge < -0.3 is 14.9 Å². The molecule has 2 aromatic rings. The molecule has 3 rings (SSSR count). The van der Waals surface area contributed by atoms with Gasteiger partial charge in [-0.05, 0) is 41.2 Å². The van der Waals surface area contributed by atoms with Crippen LogP contribution < -0.4 is 0 Å². The standard InChI is InChI=1S/C23H27NO3/c1-2-3-16-4-6-17(7-5-16)10-20-11-18(8-9-19(20)14-24)23-13-21(26)12-22(15-25)27-23/h4-9,11,21-23,25-26H,2-3,10,12-13,15H2,1H3. The molecule has 1 saturated heterocycles. The summed E-state index contributed by atoms with van der Waals surface area (Å²) in [6.45, 7) is 2.07. The molecule has 1 heterocycles. The Morgan fingerprint density at radius 3 is 2.52 bits per heavy atom. The van der Waals surface area contributed by atoms with E-state index in [4.69, 9.17) is 4.74 Å². The van der Waals surface area contributed by atoms with Crippen molar-refractivity contribution in [1.82, 2.24) is 0 Å². The van der Waals surface area contributed by atoms with Crippen LogP contribution in [0, 0.1) is 11.3 Å². The first-order chi connectivity index (χ1) is 13.1. The van der Waals surface area contributed by atoms with Crippen molar-refractivity contribution in [2.75, 3.05) is 6.61 Å². The number of benzene rings is 2. The first-order valence-electron chi connectivity index (χ1n) is 9.68. The molecule has 3 atom stereocenters. The summed E-state index contributed by atoms with van der Waals surface area (Å²) in [6.07, 6.45) is 2.77. The van der Waals surface area contributed by atoms with Crippen molar-refractivity contribution in [3.63, 3.8) is 0 Å². The Balaban J connectivity index is 1.82. The molecule has 0 amide bonds. The lowest BCUT2D eigenvalue weighted by Crippen LogP contribution is -2.33. The van der Waals surface area contributed by atoms with Crippen molar-refractivity contribution in [3.05, 3.63) is 70.3 Å². The summed E-state index contributed by atoms with van der Waals surface area (Å²) >= 11 is 0. The van der Waals surface area contributed by atoms with E-state index in [1.54, 1.807) is 0 Å². The molecule has 2 N–H and O–H groups in total. The molecule has 0 bridgehead atoms. The van der Waals surface area contributed by atoms with Gasteiger partial charge in [0.05, 0.1) is 36.6 Å². The molecule has 0 aliphatic carbocycles. The number of nitriles is 1. The second kappa shape index (κ2) is 9.14. The van der Waals surface area contributed by atoms with Crippen LogP contribution in [0.1, 0.15) is 60.1 Å². The van der Waals surface area contributed by atoms with E-state index >= 15 is 0 Å².